The molecule has 0 saturated heterocycles. The van der Waals surface area contributed by atoms with Crippen molar-refractivity contribution >= 4 is 23.4 Å². The summed E-state index contributed by atoms with van der Waals surface area (Å²) in [6.07, 6.45) is 0. The molecule has 2 aromatic carbocycles. The van der Waals surface area contributed by atoms with Crippen molar-refractivity contribution in [3.8, 4) is 5.69 Å². The molecule has 4 rings (SSSR count). The SMILES string of the molecule is Cc1nnc2n(c1=O)-c1ccc(Cl)cc1C(c1ccccc1)SC2. The molecule has 0 fully saturated rings. The van der Waals surface area contributed by atoms with Gasteiger partial charge in [-0.05, 0) is 36.2 Å². The molecular formula is C18H14ClN3OS. The maximum Gasteiger partial charge on any atom is 0.279 e. The third-order valence-electron chi connectivity index (χ3n) is 4.08. The summed E-state index contributed by atoms with van der Waals surface area (Å²) in [5.74, 6) is 1.27. The molecule has 0 spiro atoms. The van der Waals surface area contributed by atoms with Crippen LogP contribution in [0.4, 0.5) is 0 Å². The fourth-order valence-corrected chi connectivity index (χ4v) is 4.33. The molecule has 2 heterocycles. The lowest BCUT2D eigenvalue weighted by molar-refractivity contribution is 0.765. The predicted molar refractivity (Wildman–Crippen MR) is 97.0 cm³/mol. The van der Waals surface area contributed by atoms with Crippen molar-refractivity contribution in [2.75, 3.05) is 0 Å². The summed E-state index contributed by atoms with van der Waals surface area (Å²) < 4.78 is 1.67. The minimum absolute atomic E-state index is 0.0845. The molecule has 0 bridgehead atoms. The zero-order chi connectivity index (χ0) is 16.7. The lowest BCUT2D eigenvalue weighted by Crippen LogP contribution is -2.26. The molecule has 3 aromatic rings. The van der Waals surface area contributed by atoms with Crippen molar-refractivity contribution in [2.45, 2.75) is 17.9 Å². The fraction of sp³-hybridized carbons (Fsp3) is 0.167. The van der Waals surface area contributed by atoms with Crippen molar-refractivity contribution in [1.29, 1.82) is 0 Å². The maximum absolute atomic E-state index is 12.7. The standard InChI is InChI=1S/C18H14ClN3OS/c1-11-18(23)22-15-8-7-13(19)9-14(15)17(12-5-3-2-4-6-12)24-10-16(22)21-20-11/h2-9,17H,10H2,1H3. The van der Waals surface area contributed by atoms with Crippen LogP contribution in [0.5, 0.6) is 0 Å². The van der Waals surface area contributed by atoms with Crippen LogP contribution in [0.3, 0.4) is 0 Å². The Morgan fingerprint density at radius 1 is 1.17 bits per heavy atom. The third-order valence-corrected chi connectivity index (χ3v) is 5.60. The summed E-state index contributed by atoms with van der Waals surface area (Å²) in [6.45, 7) is 1.69. The van der Waals surface area contributed by atoms with Crippen molar-refractivity contribution in [2.24, 2.45) is 0 Å². The van der Waals surface area contributed by atoms with Crippen molar-refractivity contribution in [1.82, 2.24) is 14.8 Å². The summed E-state index contributed by atoms with van der Waals surface area (Å²) in [4.78, 5) is 12.7. The highest BCUT2D eigenvalue weighted by molar-refractivity contribution is 7.99. The van der Waals surface area contributed by atoms with Crippen LogP contribution in [0.25, 0.3) is 5.69 Å². The number of aryl methyl sites for hydroxylation is 1. The van der Waals surface area contributed by atoms with Gasteiger partial charge in [-0.1, -0.05) is 41.9 Å². The van der Waals surface area contributed by atoms with Gasteiger partial charge in [-0.2, -0.15) is 0 Å². The van der Waals surface area contributed by atoms with Crippen LogP contribution >= 0.6 is 23.4 Å². The molecule has 0 aliphatic carbocycles. The summed E-state index contributed by atoms with van der Waals surface area (Å²) in [6, 6.07) is 15.9. The average molecular weight is 356 g/mol. The average Bonchev–Trinajstić information content (AvgIpc) is 2.76. The minimum atomic E-state index is -0.127. The molecule has 0 saturated carbocycles. The number of aromatic nitrogens is 3. The van der Waals surface area contributed by atoms with Crippen LogP contribution in [-0.2, 0) is 5.75 Å². The van der Waals surface area contributed by atoms with Gasteiger partial charge in [0.05, 0.1) is 16.7 Å². The first-order chi connectivity index (χ1) is 11.6. The highest BCUT2D eigenvalue weighted by Crippen LogP contribution is 2.43. The quantitative estimate of drug-likeness (QED) is 0.663. The lowest BCUT2D eigenvalue weighted by atomic mass is 10.0. The third kappa shape index (κ3) is 2.54. The van der Waals surface area contributed by atoms with Gasteiger partial charge in [-0.3, -0.25) is 9.36 Å². The van der Waals surface area contributed by atoms with E-state index in [2.05, 4.69) is 22.3 Å². The van der Waals surface area contributed by atoms with Gasteiger partial charge in [0.1, 0.15) is 11.5 Å². The Hall–Kier alpha value is -2.11. The number of halogens is 1. The van der Waals surface area contributed by atoms with Crippen molar-refractivity contribution in [3.05, 3.63) is 86.6 Å². The molecule has 1 aliphatic rings. The van der Waals surface area contributed by atoms with Crippen LogP contribution < -0.4 is 5.56 Å². The summed E-state index contributed by atoms with van der Waals surface area (Å²) in [5.41, 5.74) is 3.29. The van der Waals surface area contributed by atoms with E-state index in [1.54, 1.807) is 23.3 Å². The van der Waals surface area contributed by atoms with Gasteiger partial charge in [0.15, 0.2) is 0 Å². The molecule has 0 N–H and O–H groups in total. The van der Waals surface area contributed by atoms with E-state index in [0.29, 0.717) is 22.3 Å². The Morgan fingerprint density at radius 2 is 1.96 bits per heavy atom. The zero-order valence-electron chi connectivity index (χ0n) is 12.9. The van der Waals surface area contributed by atoms with Crippen LogP contribution in [0.2, 0.25) is 5.02 Å². The van der Waals surface area contributed by atoms with Crippen LogP contribution in [0.15, 0.2) is 53.3 Å². The van der Waals surface area contributed by atoms with Gasteiger partial charge in [-0.15, -0.1) is 22.0 Å². The topological polar surface area (TPSA) is 47.8 Å². The van der Waals surface area contributed by atoms with E-state index in [-0.39, 0.29) is 10.8 Å². The number of nitrogens with zero attached hydrogens (tertiary/aromatic N) is 3. The lowest BCUT2D eigenvalue weighted by Gasteiger charge is -2.18. The summed E-state index contributed by atoms with van der Waals surface area (Å²) >= 11 is 7.98. The first-order valence-corrected chi connectivity index (χ1v) is 8.99. The summed E-state index contributed by atoms with van der Waals surface area (Å²) in [7, 11) is 0. The Bertz CT molecular complexity index is 972. The van der Waals surface area contributed by atoms with E-state index >= 15 is 0 Å². The highest BCUT2D eigenvalue weighted by Gasteiger charge is 2.26. The predicted octanol–water partition coefficient (Wildman–Crippen LogP) is 3.93. The molecule has 0 radical (unpaired) electrons. The Morgan fingerprint density at radius 3 is 2.75 bits per heavy atom. The van der Waals surface area contributed by atoms with Gasteiger partial charge in [0.25, 0.3) is 5.56 Å². The zero-order valence-corrected chi connectivity index (χ0v) is 14.5. The van der Waals surface area contributed by atoms with Gasteiger partial charge in [-0.25, -0.2) is 0 Å². The largest absolute Gasteiger partial charge is 0.279 e. The molecule has 120 valence electrons. The van der Waals surface area contributed by atoms with E-state index in [4.69, 9.17) is 11.6 Å². The van der Waals surface area contributed by atoms with Crippen molar-refractivity contribution in [3.63, 3.8) is 0 Å². The molecule has 6 heteroatoms. The van der Waals surface area contributed by atoms with E-state index < -0.39 is 0 Å². The normalized spacial score (nSPS) is 16.2. The molecule has 1 atom stereocenters. The second-order valence-corrected chi connectivity index (χ2v) is 7.18. The number of thioether (sulfide) groups is 1. The van der Waals surface area contributed by atoms with Gasteiger partial charge >= 0.3 is 0 Å². The molecular weight excluding hydrogens is 342 g/mol. The van der Waals surface area contributed by atoms with Gasteiger partial charge in [0.2, 0.25) is 0 Å². The van der Waals surface area contributed by atoms with E-state index in [0.717, 1.165) is 11.3 Å². The Kier molecular flexibility index (Phi) is 3.90. The number of hydrogen-bond donors (Lipinski definition) is 0. The molecule has 1 unspecified atom stereocenters. The molecule has 24 heavy (non-hydrogen) atoms. The first kappa shape index (κ1) is 15.4. The smallest absolute Gasteiger partial charge is 0.267 e. The minimum Gasteiger partial charge on any atom is -0.267 e. The van der Waals surface area contributed by atoms with Crippen molar-refractivity contribution < 1.29 is 0 Å². The van der Waals surface area contributed by atoms with Gasteiger partial charge < -0.3 is 0 Å². The van der Waals surface area contributed by atoms with E-state index in [1.165, 1.54) is 5.56 Å². The number of benzene rings is 2. The number of rotatable bonds is 1. The molecule has 1 aromatic heterocycles. The maximum atomic E-state index is 12.7. The number of hydrogen-bond acceptors (Lipinski definition) is 4. The second kappa shape index (κ2) is 6.07. The van der Waals surface area contributed by atoms with E-state index in [1.807, 2.05) is 36.4 Å². The fourth-order valence-electron chi connectivity index (χ4n) is 2.93. The van der Waals surface area contributed by atoms with Crippen LogP contribution in [0.1, 0.15) is 27.9 Å². The molecule has 1 aliphatic heterocycles. The highest BCUT2D eigenvalue weighted by atomic mass is 35.5. The van der Waals surface area contributed by atoms with E-state index in [9.17, 15) is 4.79 Å². The summed E-state index contributed by atoms with van der Waals surface area (Å²) in [5, 5.41) is 8.99. The molecule has 0 amide bonds. The monoisotopic (exact) mass is 355 g/mol. The van der Waals surface area contributed by atoms with Crippen LogP contribution in [-0.4, -0.2) is 14.8 Å². The molecule has 4 nitrogen and oxygen atoms in total. The van der Waals surface area contributed by atoms with Gasteiger partial charge in [0, 0.05) is 5.02 Å². The Balaban J connectivity index is 2.01. The van der Waals surface area contributed by atoms with Crippen LogP contribution in [0, 0.1) is 6.92 Å². The number of fused-ring (bicyclic) bond motifs is 3. The second-order valence-electron chi connectivity index (χ2n) is 5.65. The first-order valence-electron chi connectivity index (χ1n) is 7.57. The Labute approximate surface area is 148 Å².